The lowest BCUT2D eigenvalue weighted by Gasteiger charge is -2.39. The molecule has 0 aliphatic carbocycles. The molecule has 4 heterocycles. The minimum absolute atomic E-state index is 0.0628. The lowest BCUT2D eigenvalue weighted by molar-refractivity contribution is 0.00812. The van der Waals surface area contributed by atoms with E-state index < -0.39 is 5.60 Å². The van der Waals surface area contributed by atoms with E-state index in [1.807, 2.05) is 43.9 Å². The van der Waals surface area contributed by atoms with Crippen LogP contribution >= 0.6 is 0 Å². The normalized spacial score (nSPS) is 18.1. The zero-order valence-electron chi connectivity index (χ0n) is 31.8. The number of carbonyl (C=O) groups is 1. The predicted octanol–water partition coefficient (Wildman–Crippen LogP) is 9.85. The third-order valence-electron chi connectivity index (χ3n) is 10.3. The van der Waals surface area contributed by atoms with E-state index >= 15 is 0 Å². The van der Waals surface area contributed by atoms with E-state index in [9.17, 15) is 4.79 Å². The Balaban J connectivity index is 0.000000170. The molecule has 8 heteroatoms. The summed E-state index contributed by atoms with van der Waals surface area (Å²) in [6.45, 7) is 12.8. The summed E-state index contributed by atoms with van der Waals surface area (Å²) >= 11 is 0. The van der Waals surface area contributed by atoms with Crippen LogP contribution in [0.25, 0.3) is 44.3 Å². The number of hydrogen-bond acceptors (Lipinski definition) is 5. The van der Waals surface area contributed by atoms with Crippen molar-refractivity contribution in [2.45, 2.75) is 84.0 Å². The Morgan fingerprint density at radius 2 is 1.34 bits per heavy atom. The number of amides is 1. The fourth-order valence-electron chi connectivity index (χ4n) is 7.76. The highest BCUT2D eigenvalue weighted by molar-refractivity contribution is 5.95. The van der Waals surface area contributed by atoms with E-state index in [2.05, 4.69) is 113 Å². The van der Waals surface area contributed by atoms with Crippen molar-refractivity contribution >= 4 is 33.6 Å². The van der Waals surface area contributed by atoms with Crippen molar-refractivity contribution in [3.05, 3.63) is 114 Å². The maximum absolute atomic E-state index is 13.0. The zero-order chi connectivity index (χ0) is 37.1. The number of benzene rings is 4. The number of likely N-dealkylation sites (tertiary alicyclic amines) is 1. The predicted molar refractivity (Wildman–Crippen MR) is 219 cm³/mol. The van der Waals surface area contributed by atoms with Crippen LogP contribution in [0.4, 0.5) is 10.5 Å². The van der Waals surface area contributed by atoms with Gasteiger partial charge in [0.15, 0.2) is 0 Å². The fourth-order valence-corrected chi connectivity index (χ4v) is 7.76. The van der Waals surface area contributed by atoms with Crippen LogP contribution in [0.2, 0.25) is 0 Å². The molecular formula is C45H54N6O2. The molecule has 8 nitrogen and oxygen atoms in total. The molecule has 6 N–H and O–H groups in total. The molecule has 2 aliphatic heterocycles. The van der Waals surface area contributed by atoms with Gasteiger partial charge in [0.05, 0.1) is 22.8 Å². The fraction of sp³-hybridized carbons (Fsp3) is 0.356. The van der Waals surface area contributed by atoms with Crippen LogP contribution in [0, 0.1) is 13.8 Å². The molecule has 0 radical (unpaired) electrons. The Kier molecular flexibility index (Phi) is 10.6. The average molecular weight is 711 g/mol. The molecule has 2 fully saturated rings. The maximum atomic E-state index is 13.0. The molecule has 1 amide bonds. The molecule has 53 heavy (non-hydrogen) atoms. The van der Waals surface area contributed by atoms with Crippen LogP contribution in [-0.4, -0.2) is 58.3 Å². The first-order valence-corrected chi connectivity index (χ1v) is 19.1. The van der Waals surface area contributed by atoms with Crippen molar-refractivity contribution < 1.29 is 9.53 Å². The second kappa shape index (κ2) is 15.5. The molecule has 0 bridgehead atoms. The van der Waals surface area contributed by atoms with Crippen molar-refractivity contribution in [3.8, 4) is 22.5 Å². The summed E-state index contributed by atoms with van der Waals surface area (Å²) in [5.41, 5.74) is 17.5. The van der Waals surface area contributed by atoms with E-state index in [-0.39, 0.29) is 18.2 Å². The molecule has 8 rings (SSSR count). The van der Waals surface area contributed by atoms with Gasteiger partial charge in [-0.1, -0.05) is 72.3 Å². The van der Waals surface area contributed by atoms with Gasteiger partial charge in [-0.3, -0.25) is 0 Å². The van der Waals surface area contributed by atoms with E-state index in [1.165, 1.54) is 51.8 Å². The van der Waals surface area contributed by atoms with Gasteiger partial charge in [0.2, 0.25) is 0 Å². The van der Waals surface area contributed by atoms with E-state index in [0.29, 0.717) is 12.6 Å². The first kappa shape index (κ1) is 36.3. The Labute approximate surface area is 313 Å². The molecule has 6 aromatic rings. The van der Waals surface area contributed by atoms with E-state index in [4.69, 9.17) is 10.5 Å². The van der Waals surface area contributed by atoms with Gasteiger partial charge in [0, 0.05) is 40.8 Å². The smallest absolute Gasteiger partial charge is 0.410 e. The largest absolute Gasteiger partial charge is 0.444 e. The summed E-state index contributed by atoms with van der Waals surface area (Å²) < 4.78 is 5.72. The number of hydrogen-bond donors (Lipinski definition) is 5. The van der Waals surface area contributed by atoms with Crippen LogP contribution in [0.5, 0.6) is 0 Å². The van der Waals surface area contributed by atoms with Crippen molar-refractivity contribution in [3.63, 3.8) is 0 Å². The number of anilines is 1. The molecule has 0 spiro atoms. The average Bonchev–Trinajstić information content (AvgIpc) is 3.77. The number of nitrogens with two attached hydrogens (primary N) is 1. The van der Waals surface area contributed by atoms with Gasteiger partial charge in [-0.2, -0.15) is 0 Å². The summed E-state index contributed by atoms with van der Waals surface area (Å²) in [7, 11) is 0. The Morgan fingerprint density at radius 3 is 1.94 bits per heavy atom. The van der Waals surface area contributed by atoms with Gasteiger partial charge >= 0.3 is 6.09 Å². The van der Waals surface area contributed by atoms with E-state index in [1.54, 1.807) is 0 Å². The third-order valence-corrected chi connectivity index (χ3v) is 10.3. The van der Waals surface area contributed by atoms with Crippen LogP contribution in [0.3, 0.4) is 0 Å². The van der Waals surface area contributed by atoms with Gasteiger partial charge in [0.1, 0.15) is 5.60 Å². The zero-order valence-corrected chi connectivity index (χ0v) is 31.8. The van der Waals surface area contributed by atoms with Crippen molar-refractivity contribution in [2.24, 2.45) is 5.73 Å². The number of H-pyrrole nitrogens is 2. The minimum Gasteiger partial charge on any atom is -0.444 e. The van der Waals surface area contributed by atoms with Gasteiger partial charge in [0.25, 0.3) is 0 Å². The van der Waals surface area contributed by atoms with Crippen molar-refractivity contribution in [1.29, 1.82) is 0 Å². The van der Waals surface area contributed by atoms with Gasteiger partial charge in [-0.05, 0) is 126 Å². The first-order valence-electron chi connectivity index (χ1n) is 19.1. The Morgan fingerprint density at radius 1 is 0.774 bits per heavy atom. The number of nitrogens with one attached hydrogen (secondary N) is 4. The van der Waals surface area contributed by atoms with Crippen molar-refractivity contribution in [2.75, 3.05) is 25.0 Å². The van der Waals surface area contributed by atoms with Crippen LogP contribution < -0.4 is 16.4 Å². The molecule has 2 aromatic heterocycles. The summed E-state index contributed by atoms with van der Waals surface area (Å²) in [6.07, 6.45) is 3.59. The van der Waals surface area contributed by atoms with Crippen molar-refractivity contribution in [1.82, 2.24) is 20.2 Å². The van der Waals surface area contributed by atoms with Crippen LogP contribution in [0.15, 0.2) is 97.1 Å². The lowest BCUT2D eigenvalue weighted by Crippen LogP contribution is -2.47. The number of carbonyl (C=O) groups excluding carboxylic acids is 1. The number of ether oxygens (including phenoxy) is 1. The molecular weight excluding hydrogens is 657 g/mol. The van der Waals surface area contributed by atoms with Crippen LogP contribution in [-0.2, 0) is 4.74 Å². The third kappa shape index (κ3) is 8.61. The molecule has 4 aromatic carbocycles. The number of aryl methyl sites for hydroxylation is 2. The molecule has 2 aliphatic rings. The van der Waals surface area contributed by atoms with Gasteiger partial charge < -0.3 is 36.0 Å². The SMILES string of the molecule is Cc1cc(C2CC(N)CCN2C(=O)OC(C)(C)C)c2[nH]c(-c3ccccc3)cc2c1.Cc1cc(NC2CCNCC2)c2[nH]c(-c3ccccc3)cc2c1. The lowest BCUT2D eigenvalue weighted by atomic mass is 9.90. The highest BCUT2D eigenvalue weighted by atomic mass is 16.6. The number of rotatable bonds is 5. The highest BCUT2D eigenvalue weighted by Crippen LogP contribution is 2.38. The van der Waals surface area contributed by atoms with E-state index in [0.717, 1.165) is 53.7 Å². The minimum atomic E-state index is -0.532. The number of aromatic nitrogens is 2. The second-order valence-corrected chi connectivity index (χ2v) is 15.8. The number of piperidine rings is 2. The number of nitrogens with zero attached hydrogens (tertiary/aromatic N) is 1. The molecule has 2 unspecified atom stereocenters. The quantitative estimate of drug-likeness (QED) is 0.122. The molecule has 2 saturated heterocycles. The summed E-state index contributed by atoms with van der Waals surface area (Å²) in [4.78, 5) is 22.1. The molecule has 2 atom stereocenters. The monoisotopic (exact) mass is 710 g/mol. The van der Waals surface area contributed by atoms with Gasteiger partial charge in [-0.15, -0.1) is 0 Å². The molecule has 0 saturated carbocycles. The maximum Gasteiger partial charge on any atom is 0.410 e. The Hall–Kier alpha value is -5.05. The standard InChI is InChI=1S/C25H31N3O2.C20H23N3/c1-16-12-18-14-21(17-8-6-5-7-9-17)27-23(18)20(13-16)22-15-19(26)10-11-28(22)24(29)30-25(2,3)4;1-14-11-16-13-18(15-5-3-2-4-6-15)23-20(16)19(12-14)22-17-7-9-21-10-8-17/h5-9,12-14,19,22,27H,10-11,15,26H2,1-4H3;2-6,11-13,17,21-23H,7-10H2,1H3. The second-order valence-electron chi connectivity index (χ2n) is 15.8. The number of aromatic amines is 2. The van der Waals surface area contributed by atoms with Gasteiger partial charge in [-0.25, -0.2) is 4.79 Å². The summed E-state index contributed by atoms with van der Waals surface area (Å²) in [6, 6.07) is 34.6. The number of fused-ring (bicyclic) bond motifs is 2. The Bertz CT molecular complexity index is 2160. The van der Waals surface area contributed by atoms with Crippen LogP contribution in [0.1, 0.15) is 69.2 Å². The first-order chi connectivity index (χ1) is 25.5. The highest BCUT2D eigenvalue weighted by Gasteiger charge is 2.35. The summed E-state index contributed by atoms with van der Waals surface area (Å²) in [5, 5.41) is 9.61. The topological polar surface area (TPSA) is 111 Å². The summed E-state index contributed by atoms with van der Waals surface area (Å²) in [5.74, 6) is 0. The molecule has 276 valence electrons.